The second kappa shape index (κ2) is 8.12. The van der Waals surface area contributed by atoms with Crippen LogP contribution in [0.4, 0.5) is 11.4 Å². The van der Waals surface area contributed by atoms with Crippen molar-refractivity contribution in [3.63, 3.8) is 0 Å². The van der Waals surface area contributed by atoms with Crippen LogP contribution in [0.3, 0.4) is 0 Å². The van der Waals surface area contributed by atoms with E-state index in [1.807, 2.05) is 13.8 Å². The van der Waals surface area contributed by atoms with Crippen molar-refractivity contribution in [2.75, 3.05) is 31.6 Å². The Morgan fingerprint density at radius 3 is 2.59 bits per heavy atom. The normalized spacial score (nSPS) is 26.8. The molecule has 1 aromatic rings. The summed E-state index contributed by atoms with van der Waals surface area (Å²) >= 11 is 0. The van der Waals surface area contributed by atoms with Crippen LogP contribution in [0.25, 0.3) is 0 Å². The van der Waals surface area contributed by atoms with Crippen LogP contribution in [0.5, 0.6) is 0 Å². The van der Waals surface area contributed by atoms with E-state index in [0.717, 1.165) is 25.3 Å². The fraction of sp³-hybridized carbons (Fsp3) is 0.667. The molecule has 2 aliphatic heterocycles. The van der Waals surface area contributed by atoms with Gasteiger partial charge in [0, 0.05) is 32.3 Å². The van der Waals surface area contributed by atoms with E-state index in [4.69, 9.17) is 4.74 Å². The van der Waals surface area contributed by atoms with Gasteiger partial charge in [0.1, 0.15) is 5.69 Å². The summed E-state index contributed by atoms with van der Waals surface area (Å²) in [5.41, 5.74) is 0.0852. The predicted molar refractivity (Wildman–Crippen MR) is 102 cm³/mol. The van der Waals surface area contributed by atoms with Crippen LogP contribution in [0.15, 0.2) is 23.1 Å². The average molecular weight is 397 g/mol. The highest BCUT2D eigenvalue weighted by Crippen LogP contribution is 2.32. The molecule has 2 aliphatic rings. The van der Waals surface area contributed by atoms with Crippen molar-refractivity contribution >= 4 is 21.4 Å². The number of nitrogens with one attached hydrogen (secondary N) is 1. The number of nitro benzene ring substituents is 1. The van der Waals surface area contributed by atoms with Gasteiger partial charge in [-0.25, -0.2) is 8.42 Å². The molecule has 2 saturated heterocycles. The smallest absolute Gasteiger partial charge is 0.293 e. The lowest BCUT2D eigenvalue weighted by Gasteiger charge is -2.34. The molecule has 2 fully saturated rings. The van der Waals surface area contributed by atoms with Gasteiger partial charge in [-0.05, 0) is 43.2 Å². The number of sulfonamides is 1. The van der Waals surface area contributed by atoms with E-state index in [1.54, 1.807) is 0 Å². The van der Waals surface area contributed by atoms with E-state index in [-0.39, 0.29) is 28.5 Å². The molecule has 1 aromatic carbocycles. The standard InChI is InChI=1S/C18H27N3O5S/c1-13-8-14(2)12-20(11-13)27(24,25)16-5-6-17(18(9-16)21(22)23)19-10-15-4-3-7-26-15/h5-6,9,13-15,19H,3-4,7-8,10-12H2,1-2H3/t13-,14+,15-/m1/s1. The number of hydrogen-bond acceptors (Lipinski definition) is 6. The van der Waals surface area contributed by atoms with E-state index < -0.39 is 14.9 Å². The molecule has 0 bridgehead atoms. The quantitative estimate of drug-likeness (QED) is 0.585. The first-order valence-corrected chi connectivity index (χ1v) is 10.9. The van der Waals surface area contributed by atoms with Crippen molar-refractivity contribution in [2.45, 2.75) is 44.1 Å². The molecule has 9 heteroatoms. The Balaban J connectivity index is 1.83. The Hall–Kier alpha value is -1.71. The van der Waals surface area contributed by atoms with Gasteiger partial charge < -0.3 is 10.1 Å². The van der Waals surface area contributed by atoms with Crippen molar-refractivity contribution in [1.82, 2.24) is 4.31 Å². The van der Waals surface area contributed by atoms with Crippen molar-refractivity contribution in [2.24, 2.45) is 11.8 Å². The SMILES string of the molecule is C[C@@H]1C[C@H](C)CN(S(=O)(=O)c2ccc(NC[C@H]3CCCO3)c([N+](=O)[O-])c2)C1. The number of anilines is 1. The van der Waals surface area contributed by atoms with E-state index >= 15 is 0 Å². The summed E-state index contributed by atoms with van der Waals surface area (Å²) in [4.78, 5) is 10.9. The second-order valence-electron chi connectivity index (χ2n) is 7.72. The van der Waals surface area contributed by atoms with Gasteiger partial charge in [0.2, 0.25) is 10.0 Å². The predicted octanol–water partition coefficient (Wildman–Crippen LogP) is 2.85. The third kappa shape index (κ3) is 4.59. The fourth-order valence-electron chi connectivity index (χ4n) is 3.95. The van der Waals surface area contributed by atoms with Crippen LogP contribution >= 0.6 is 0 Å². The van der Waals surface area contributed by atoms with Crippen LogP contribution in [0.2, 0.25) is 0 Å². The number of hydrogen-bond donors (Lipinski definition) is 1. The van der Waals surface area contributed by atoms with E-state index in [1.165, 1.54) is 16.4 Å². The number of benzene rings is 1. The first kappa shape index (κ1) is 20.0. The van der Waals surface area contributed by atoms with Gasteiger partial charge in [-0.1, -0.05) is 13.8 Å². The Kier molecular flexibility index (Phi) is 6.02. The first-order chi connectivity index (χ1) is 12.8. The number of piperidine rings is 1. The maximum Gasteiger partial charge on any atom is 0.293 e. The first-order valence-electron chi connectivity index (χ1n) is 9.41. The van der Waals surface area contributed by atoms with E-state index in [9.17, 15) is 18.5 Å². The number of rotatable bonds is 6. The number of nitrogens with zero attached hydrogens (tertiary/aromatic N) is 2. The molecule has 0 spiro atoms. The summed E-state index contributed by atoms with van der Waals surface area (Å²) in [6.45, 7) is 6.11. The summed E-state index contributed by atoms with van der Waals surface area (Å²) in [5, 5.41) is 14.5. The van der Waals surface area contributed by atoms with Crippen molar-refractivity contribution in [1.29, 1.82) is 0 Å². The maximum absolute atomic E-state index is 13.0. The minimum atomic E-state index is -3.75. The summed E-state index contributed by atoms with van der Waals surface area (Å²) in [6.07, 6.45) is 2.92. The van der Waals surface area contributed by atoms with Crippen LogP contribution in [-0.4, -0.2) is 50.0 Å². The van der Waals surface area contributed by atoms with Gasteiger partial charge >= 0.3 is 0 Å². The molecule has 0 saturated carbocycles. The molecule has 0 radical (unpaired) electrons. The van der Waals surface area contributed by atoms with Crippen molar-refractivity contribution in [3.8, 4) is 0 Å². The van der Waals surface area contributed by atoms with E-state index in [2.05, 4.69) is 5.32 Å². The zero-order chi connectivity index (χ0) is 19.6. The fourth-order valence-corrected chi connectivity index (χ4v) is 5.65. The molecule has 1 N–H and O–H groups in total. The second-order valence-corrected chi connectivity index (χ2v) is 9.66. The highest BCUT2D eigenvalue weighted by molar-refractivity contribution is 7.89. The molecule has 2 heterocycles. The van der Waals surface area contributed by atoms with Crippen molar-refractivity contribution < 1.29 is 18.1 Å². The molecular formula is C18H27N3O5S. The third-order valence-electron chi connectivity index (χ3n) is 5.18. The maximum atomic E-state index is 13.0. The summed E-state index contributed by atoms with van der Waals surface area (Å²) in [5.74, 6) is 0.539. The largest absolute Gasteiger partial charge is 0.377 e. The number of ether oxygens (including phenoxy) is 1. The molecule has 27 heavy (non-hydrogen) atoms. The summed E-state index contributed by atoms with van der Waals surface area (Å²) < 4.78 is 33.0. The Labute approximate surface area is 160 Å². The van der Waals surface area contributed by atoms with Crippen LogP contribution in [0, 0.1) is 22.0 Å². The van der Waals surface area contributed by atoms with Gasteiger partial charge in [0.05, 0.1) is 15.9 Å². The zero-order valence-corrected chi connectivity index (χ0v) is 16.6. The molecule has 0 unspecified atom stereocenters. The Morgan fingerprint density at radius 1 is 1.30 bits per heavy atom. The summed E-state index contributed by atoms with van der Waals surface area (Å²) in [6, 6.07) is 4.10. The molecule has 3 rings (SSSR count). The van der Waals surface area contributed by atoms with Gasteiger partial charge in [-0.2, -0.15) is 4.31 Å². The molecule has 8 nitrogen and oxygen atoms in total. The van der Waals surface area contributed by atoms with Gasteiger partial charge in [-0.3, -0.25) is 10.1 Å². The van der Waals surface area contributed by atoms with Crippen LogP contribution in [-0.2, 0) is 14.8 Å². The Bertz CT molecular complexity index is 782. The minimum Gasteiger partial charge on any atom is -0.377 e. The lowest BCUT2D eigenvalue weighted by Crippen LogP contribution is -2.42. The molecule has 3 atom stereocenters. The molecule has 150 valence electrons. The van der Waals surface area contributed by atoms with Gasteiger partial charge in [-0.15, -0.1) is 0 Å². The van der Waals surface area contributed by atoms with E-state index in [0.29, 0.717) is 31.9 Å². The third-order valence-corrected chi connectivity index (χ3v) is 7.01. The van der Waals surface area contributed by atoms with Gasteiger partial charge in [0.15, 0.2) is 0 Å². The lowest BCUT2D eigenvalue weighted by atomic mass is 9.94. The van der Waals surface area contributed by atoms with Crippen LogP contribution < -0.4 is 5.32 Å². The zero-order valence-electron chi connectivity index (χ0n) is 15.8. The summed E-state index contributed by atoms with van der Waals surface area (Å²) in [7, 11) is -3.75. The molecular weight excluding hydrogens is 370 g/mol. The highest BCUT2D eigenvalue weighted by atomic mass is 32.2. The van der Waals surface area contributed by atoms with Crippen LogP contribution in [0.1, 0.15) is 33.1 Å². The minimum absolute atomic E-state index is 0.0295. The number of nitro groups is 1. The topological polar surface area (TPSA) is 102 Å². The molecule has 0 amide bonds. The van der Waals surface area contributed by atoms with Crippen molar-refractivity contribution in [3.05, 3.63) is 28.3 Å². The molecule has 0 aromatic heterocycles. The lowest BCUT2D eigenvalue weighted by molar-refractivity contribution is -0.384. The average Bonchev–Trinajstić information content (AvgIpc) is 3.12. The highest BCUT2D eigenvalue weighted by Gasteiger charge is 2.33. The van der Waals surface area contributed by atoms with Gasteiger partial charge in [0.25, 0.3) is 5.69 Å². The molecule has 0 aliphatic carbocycles. The monoisotopic (exact) mass is 397 g/mol. The Morgan fingerprint density at radius 2 is 2.00 bits per heavy atom.